The molecule has 3 aromatic rings. The van der Waals surface area contributed by atoms with E-state index in [0.29, 0.717) is 11.6 Å². The second kappa shape index (κ2) is 5.39. The summed E-state index contributed by atoms with van der Waals surface area (Å²) in [5.74, 6) is 0.785. The number of aryl methyl sites for hydroxylation is 3. The molecule has 25 heavy (non-hydrogen) atoms. The van der Waals surface area contributed by atoms with Gasteiger partial charge in [0.2, 0.25) is 9.84 Å². The maximum absolute atomic E-state index is 13.2. The van der Waals surface area contributed by atoms with Gasteiger partial charge >= 0.3 is 0 Å². The molecule has 0 radical (unpaired) electrons. The number of benzene rings is 1. The number of hydrogen-bond donors (Lipinski definition) is 0. The molecule has 0 spiro atoms. The van der Waals surface area contributed by atoms with Crippen molar-refractivity contribution >= 4 is 27.2 Å². The molecule has 6 heteroatoms. The van der Waals surface area contributed by atoms with Crippen LogP contribution in [0.25, 0.3) is 0 Å². The van der Waals surface area contributed by atoms with E-state index >= 15 is 0 Å². The van der Waals surface area contributed by atoms with Crippen LogP contribution in [-0.4, -0.2) is 18.4 Å². The van der Waals surface area contributed by atoms with Crippen LogP contribution >= 0.6 is 0 Å². The molecule has 1 aliphatic rings. The second-order valence-electron chi connectivity index (χ2n) is 6.29. The summed E-state index contributed by atoms with van der Waals surface area (Å²) in [6, 6.07) is 11.2. The summed E-state index contributed by atoms with van der Waals surface area (Å²) in [6.45, 7) is 5.66. The molecule has 0 saturated carbocycles. The highest BCUT2D eigenvalue weighted by molar-refractivity contribution is 7.92. The minimum Gasteiger partial charge on any atom is -0.277 e. The van der Waals surface area contributed by atoms with Gasteiger partial charge in [0.05, 0.1) is 5.69 Å². The van der Waals surface area contributed by atoms with E-state index in [1.54, 1.807) is 24.5 Å². The zero-order valence-corrected chi connectivity index (χ0v) is 15.0. The van der Waals surface area contributed by atoms with Gasteiger partial charge < -0.3 is 0 Å². The Hall–Kier alpha value is -2.73. The third-order valence-electron chi connectivity index (χ3n) is 4.30. The lowest BCUT2D eigenvalue weighted by atomic mass is 10.1. The fourth-order valence-electron chi connectivity index (χ4n) is 3.06. The fraction of sp³-hybridized carbons (Fsp3) is 0.158. The summed E-state index contributed by atoms with van der Waals surface area (Å²) in [4.78, 5) is 11.2. The van der Waals surface area contributed by atoms with Crippen LogP contribution in [0.1, 0.15) is 16.7 Å². The van der Waals surface area contributed by atoms with Gasteiger partial charge in [-0.2, -0.15) is 0 Å². The molecule has 1 aromatic carbocycles. The lowest BCUT2D eigenvalue weighted by molar-refractivity contribution is 0.593. The largest absolute Gasteiger partial charge is 0.277 e. The van der Waals surface area contributed by atoms with Crippen molar-refractivity contribution in [2.45, 2.75) is 30.6 Å². The topological polar surface area (TPSA) is 63.2 Å². The molecule has 0 saturated heterocycles. The standard InChI is InChI=1S/C19H17N3O2S/c1-12-8-16-18(20-10-12)22(15-7-5-4-6-14(15)3)19-17(25(16,23)24)9-13(2)11-21-19/h4-11H,1-3H3. The first-order valence-corrected chi connectivity index (χ1v) is 9.42. The SMILES string of the molecule is Cc1cnc2c(c1)S(=O)(=O)c1cc(C)cnc1N2c1ccccc1C. The Kier molecular flexibility index (Phi) is 3.40. The predicted molar refractivity (Wildman–Crippen MR) is 96.4 cm³/mol. The van der Waals surface area contributed by atoms with Gasteiger partial charge in [0.15, 0.2) is 11.6 Å². The number of rotatable bonds is 1. The van der Waals surface area contributed by atoms with Gasteiger partial charge in [0.25, 0.3) is 0 Å². The number of aromatic nitrogens is 2. The predicted octanol–water partition coefficient (Wildman–Crippen LogP) is 4.02. The van der Waals surface area contributed by atoms with Crippen LogP contribution in [0.4, 0.5) is 17.3 Å². The Morgan fingerprint density at radius 3 is 1.88 bits per heavy atom. The highest BCUT2D eigenvalue weighted by Crippen LogP contribution is 2.46. The maximum Gasteiger partial charge on any atom is 0.213 e. The van der Waals surface area contributed by atoms with Crippen LogP contribution in [0.3, 0.4) is 0 Å². The Balaban J connectivity index is 2.13. The zero-order chi connectivity index (χ0) is 17.8. The van der Waals surface area contributed by atoms with Gasteiger partial charge in [0.1, 0.15) is 9.79 Å². The minimum atomic E-state index is -3.67. The average molecular weight is 351 g/mol. The molecule has 4 rings (SSSR count). The number of hydrogen-bond acceptors (Lipinski definition) is 5. The number of fused-ring (bicyclic) bond motifs is 2. The van der Waals surface area contributed by atoms with E-state index in [9.17, 15) is 8.42 Å². The average Bonchev–Trinajstić information content (AvgIpc) is 2.58. The molecule has 0 amide bonds. The minimum absolute atomic E-state index is 0.218. The first-order chi connectivity index (χ1) is 11.9. The normalized spacial score (nSPS) is 14.8. The molecule has 1 aliphatic heterocycles. The molecule has 0 unspecified atom stereocenters. The van der Waals surface area contributed by atoms with Crippen LogP contribution in [0.2, 0.25) is 0 Å². The maximum atomic E-state index is 13.2. The van der Waals surface area contributed by atoms with Crippen molar-refractivity contribution in [2.75, 3.05) is 4.90 Å². The number of para-hydroxylation sites is 1. The van der Waals surface area contributed by atoms with Crippen LogP contribution in [-0.2, 0) is 9.84 Å². The molecule has 0 bridgehead atoms. The van der Waals surface area contributed by atoms with Gasteiger partial charge in [-0.25, -0.2) is 18.4 Å². The van der Waals surface area contributed by atoms with Crippen molar-refractivity contribution in [2.24, 2.45) is 0 Å². The van der Waals surface area contributed by atoms with Crippen molar-refractivity contribution in [3.63, 3.8) is 0 Å². The fourth-order valence-corrected chi connectivity index (χ4v) is 4.75. The van der Waals surface area contributed by atoms with E-state index in [2.05, 4.69) is 9.97 Å². The van der Waals surface area contributed by atoms with Crippen molar-refractivity contribution in [1.29, 1.82) is 0 Å². The monoisotopic (exact) mass is 351 g/mol. The molecular formula is C19H17N3O2S. The van der Waals surface area contributed by atoms with E-state index in [4.69, 9.17) is 0 Å². The van der Waals surface area contributed by atoms with Crippen LogP contribution in [0, 0.1) is 20.8 Å². The molecule has 0 aliphatic carbocycles. The lowest BCUT2D eigenvalue weighted by Crippen LogP contribution is -2.25. The van der Waals surface area contributed by atoms with E-state index in [1.807, 2.05) is 49.9 Å². The first kappa shape index (κ1) is 15.8. The van der Waals surface area contributed by atoms with Gasteiger partial charge in [-0.15, -0.1) is 0 Å². The van der Waals surface area contributed by atoms with Gasteiger partial charge in [-0.3, -0.25) is 4.90 Å². The Morgan fingerprint density at radius 2 is 1.36 bits per heavy atom. The highest BCUT2D eigenvalue weighted by atomic mass is 32.2. The summed E-state index contributed by atoms with van der Waals surface area (Å²) in [5.41, 5.74) is 3.49. The third kappa shape index (κ3) is 2.33. The Bertz CT molecular complexity index is 1050. The molecule has 2 aromatic heterocycles. The van der Waals surface area contributed by atoms with Crippen LogP contribution < -0.4 is 4.90 Å². The lowest BCUT2D eigenvalue weighted by Gasteiger charge is -2.31. The number of sulfone groups is 1. The highest BCUT2D eigenvalue weighted by Gasteiger charge is 2.37. The van der Waals surface area contributed by atoms with E-state index < -0.39 is 9.84 Å². The molecule has 0 fully saturated rings. The summed E-state index contributed by atoms with van der Waals surface area (Å²) in [6.07, 6.45) is 3.36. The second-order valence-corrected chi connectivity index (χ2v) is 8.18. The molecule has 126 valence electrons. The summed E-state index contributed by atoms with van der Waals surface area (Å²) < 4.78 is 26.3. The quantitative estimate of drug-likeness (QED) is 0.518. The number of pyridine rings is 2. The van der Waals surface area contributed by atoms with E-state index in [-0.39, 0.29) is 9.79 Å². The van der Waals surface area contributed by atoms with Crippen LogP contribution in [0.15, 0.2) is 58.6 Å². The van der Waals surface area contributed by atoms with E-state index in [0.717, 1.165) is 22.4 Å². The number of nitrogens with zero attached hydrogens (tertiary/aromatic N) is 3. The molecule has 0 atom stereocenters. The smallest absolute Gasteiger partial charge is 0.213 e. The van der Waals surface area contributed by atoms with Crippen LogP contribution in [0.5, 0.6) is 0 Å². The third-order valence-corrected chi connectivity index (χ3v) is 6.06. The molecule has 5 nitrogen and oxygen atoms in total. The van der Waals surface area contributed by atoms with Gasteiger partial charge in [-0.1, -0.05) is 18.2 Å². The summed E-state index contributed by atoms with van der Waals surface area (Å²) in [7, 11) is -3.67. The molecule has 0 N–H and O–H groups in total. The number of anilines is 3. The molecule has 3 heterocycles. The van der Waals surface area contributed by atoms with Gasteiger partial charge in [0, 0.05) is 12.4 Å². The molecular weight excluding hydrogens is 334 g/mol. The van der Waals surface area contributed by atoms with Crippen molar-refractivity contribution in [3.05, 3.63) is 65.5 Å². The van der Waals surface area contributed by atoms with E-state index in [1.165, 1.54) is 0 Å². The Labute approximate surface area is 146 Å². The first-order valence-electron chi connectivity index (χ1n) is 7.94. The van der Waals surface area contributed by atoms with Gasteiger partial charge in [-0.05, 0) is 55.7 Å². The summed E-state index contributed by atoms with van der Waals surface area (Å²) in [5, 5.41) is 0. The Morgan fingerprint density at radius 1 is 0.840 bits per heavy atom. The van der Waals surface area contributed by atoms with Crippen molar-refractivity contribution in [1.82, 2.24) is 9.97 Å². The summed E-state index contributed by atoms with van der Waals surface area (Å²) >= 11 is 0. The van der Waals surface area contributed by atoms with Crippen molar-refractivity contribution < 1.29 is 8.42 Å². The van der Waals surface area contributed by atoms with Crippen molar-refractivity contribution in [3.8, 4) is 0 Å². The zero-order valence-electron chi connectivity index (χ0n) is 14.2.